The van der Waals surface area contributed by atoms with Gasteiger partial charge in [0.2, 0.25) is 5.91 Å². The van der Waals surface area contributed by atoms with Crippen LogP contribution in [-0.2, 0) is 4.79 Å². The fourth-order valence-corrected chi connectivity index (χ4v) is 4.55. The maximum Gasteiger partial charge on any atom is 0.226 e. The average molecular weight is 221 g/mol. The Morgan fingerprint density at radius 1 is 1.25 bits per heavy atom. The first kappa shape index (κ1) is 9.46. The van der Waals surface area contributed by atoms with E-state index in [1.165, 1.54) is 6.42 Å². The van der Waals surface area contributed by atoms with Gasteiger partial charge in [-0.2, -0.15) is 0 Å². The van der Waals surface area contributed by atoms with Gasteiger partial charge >= 0.3 is 0 Å². The van der Waals surface area contributed by atoms with Crippen LogP contribution >= 0.6 is 0 Å². The second-order valence-corrected chi connectivity index (χ2v) is 6.45. The van der Waals surface area contributed by atoms with E-state index in [4.69, 9.17) is 0 Å². The molecule has 4 fully saturated rings. The number of likely N-dealkylation sites (tertiary alicyclic amines) is 1. The Morgan fingerprint density at radius 3 is 2.62 bits per heavy atom. The zero-order valence-electron chi connectivity index (χ0n) is 9.67. The lowest BCUT2D eigenvalue weighted by Crippen LogP contribution is -2.44. The van der Waals surface area contributed by atoms with E-state index in [0.717, 1.165) is 19.4 Å². The van der Waals surface area contributed by atoms with Gasteiger partial charge in [-0.05, 0) is 42.9 Å². The molecule has 0 radical (unpaired) electrons. The summed E-state index contributed by atoms with van der Waals surface area (Å²) < 4.78 is 0. The lowest BCUT2D eigenvalue weighted by molar-refractivity contribution is -0.135. The highest BCUT2D eigenvalue weighted by molar-refractivity contribution is 5.82. The third-order valence-corrected chi connectivity index (χ3v) is 5.56. The zero-order valence-corrected chi connectivity index (χ0v) is 9.67. The number of amides is 1. The third kappa shape index (κ3) is 1.01. The van der Waals surface area contributed by atoms with E-state index in [1.54, 1.807) is 0 Å². The van der Waals surface area contributed by atoms with Crippen LogP contribution < -0.4 is 0 Å². The van der Waals surface area contributed by atoms with Crippen molar-refractivity contribution < 1.29 is 9.90 Å². The molecule has 0 aromatic heterocycles. The van der Waals surface area contributed by atoms with Gasteiger partial charge in [0.05, 0.1) is 12.1 Å². The van der Waals surface area contributed by atoms with Crippen molar-refractivity contribution in [2.24, 2.45) is 29.6 Å². The Labute approximate surface area is 95.8 Å². The molecule has 1 N–H and O–H groups in total. The normalized spacial score (nSPS) is 57.1. The van der Waals surface area contributed by atoms with E-state index in [1.807, 2.05) is 4.90 Å². The van der Waals surface area contributed by atoms with Gasteiger partial charge in [-0.25, -0.2) is 0 Å². The Hall–Kier alpha value is -0.570. The summed E-state index contributed by atoms with van der Waals surface area (Å²) >= 11 is 0. The predicted octanol–water partition coefficient (Wildman–Crippen LogP) is 0.870. The highest BCUT2D eigenvalue weighted by Crippen LogP contribution is 2.56. The number of nitrogens with zero attached hydrogens (tertiary/aromatic N) is 1. The number of carbonyl (C=O) groups is 1. The zero-order chi connectivity index (χ0) is 11.0. The molecule has 1 aliphatic heterocycles. The van der Waals surface area contributed by atoms with Gasteiger partial charge in [-0.3, -0.25) is 4.79 Å². The molecule has 16 heavy (non-hydrogen) atoms. The molecule has 3 saturated carbocycles. The van der Waals surface area contributed by atoms with Crippen molar-refractivity contribution in [1.29, 1.82) is 0 Å². The van der Waals surface area contributed by atoms with Crippen LogP contribution in [0.3, 0.4) is 0 Å². The summed E-state index contributed by atoms with van der Waals surface area (Å²) in [5, 5.41) is 10.2. The van der Waals surface area contributed by atoms with E-state index < -0.39 is 0 Å². The first-order chi connectivity index (χ1) is 7.66. The van der Waals surface area contributed by atoms with Gasteiger partial charge in [0, 0.05) is 12.5 Å². The molecule has 0 spiro atoms. The van der Waals surface area contributed by atoms with Gasteiger partial charge in [0.15, 0.2) is 0 Å². The molecule has 0 aromatic rings. The predicted molar refractivity (Wildman–Crippen MR) is 58.5 cm³/mol. The van der Waals surface area contributed by atoms with Crippen LogP contribution in [0.4, 0.5) is 0 Å². The molecular formula is C13H19NO2. The summed E-state index contributed by atoms with van der Waals surface area (Å²) in [7, 11) is 0. The molecule has 3 heteroatoms. The van der Waals surface area contributed by atoms with Crippen LogP contribution in [0.1, 0.15) is 26.2 Å². The molecule has 1 saturated heterocycles. The van der Waals surface area contributed by atoms with Gasteiger partial charge in [-0.15, -0.1) is 0 Å². The number of hydrogen-bond donors (Lipinski definition) is 1. The van der Waals surface area contributed by atoms with Crippen LogP contribution in [0.15, 0.2) is 0 Å². The Kier molecular flexibility index (Phi) is 1.66. The molecule has 88 valence electrons. The van der Waals surface area contributed by atoms with Gasteiger partial charge in [0.1, 0.15) is 0 Å². The van der Waals surface area contributed by atoms with Crippen molar-refractivity contribution in [1.82, 2.24) is 4.90 Å². The first-order valence-corrected chi connectivity index (χ1v) is 6.65. The number of aliphatic hydroxyl groups is 1. The van der Waals surface area contributed by atoms with Gasteiger partial charge < -0.3 is 10.0 Å². The fraction of sp³-hybridized carbons (Fsp3) is 0.923. The summed E-state index contributed by atoms with van der Waals surface area (Å²) in [5.74, 6) is 3.03. The quantitative estimate of drug-likeness (QED) is 0.713. The number of fused-ring (bicyclic) bond motifs is 1. The van der Waals surface area contributed by atoms with Gasteiger partial charge in [-0.1, -0.05) is 6.92 Å². The Balaban J connectivity index is 1.60. The average Bonchev–Trinajstić information content (AvgIpc) is 2.63. The highest BCUT2D eigenvalue weighted by atomic mass is 16.3. The molecular weight excluding hydrogens is 202 g/mol. The van der Waals surface area contributed by atoms with Crippen molar-refractivity contribution >= 4 is 5.91 Å². The van der Waals surface area contributed by atoms with Crippen LogP contribution in [0.5, 0.6) is 0 Å². The number of carbonyl (C=O) groups excluding carboxylic acids is 1. The van der Waals surface area contributed by atoms with E-state index in [9.17, 15) is 9.90 Å². The number of rotatable bonds is 1. The SMILES string of the molecule is C[C@@H]1C[C@@H]1C(=O)N1C[C@@H]2C[C@H]3C[C@H]2[C@@H]1[C@H]3O. The van der Waals surface area contributed by atoms with Crippen molar-refractivity contribution in [3.63, 3.8) is 0 Å². The molecule has 4 aliphatic rings. The smallest absolute Gasteiger partial charge is 0.226 e. The van der Waals surface area contributed by atoms with E-state index in [2.05, 4.69) is 6.92 Å². The lowest BCUT2D eigenvalue weighted by Gasteiger charge is -2.29. The fourth-order valence-electron chi connectivity index (χ4n) is 4.55. The summed E-state index contributed by atoms with van der Waals surface area (Å²) in [6.45, 7) is 3.09. The maximum absolute atomic E-state index is 12.3. The number of aliphatic hydroxyl groups excluding tert-OH is 1. The van der Waals surface area contributed by atoms with Crippen molar-refractivity contribution in [3.8, 4) is 0 Å². The highest BCUT2D eigenvalue weighted by Gasteiger charge is 2.61. The standard InChI is InChI=1S/C13H19NO2/c1-6-2-9(6)13(16)14-5-8-3-7-4-10(8)11(14)12(7)15/h6-12,15H,2-5H2,1H3/t6-,7+,8+,9+,10-,11-,12+/m1/s1. The van der Waals surface area contributed by atoms with Crippen molar-refractivity contribution in [2.75, 3.05) is 6.54 Å². The van der Waals surface area contributed by atoms with Gasteiger partial charge in [0.25, 0.3) is 0 Å². The Morgan fingerprint density at radius 2 is 2.00 bits per heavy atom. The second-order valence-electron chi connectivity index (χ2n) is 6.45. The van der Waals surface area contributed by atoms with E-state index in [-0.39, 0.29) is 18.1 Å². The van der Waals surface area contributed by atoms with Crippen molar-refractivity contribution in [3.05, 3.63) is 0 Å². The minimum Gasteiger partial charge on any atom is -0.391 e. The van der Waals surface area contributed by atoms with E-state index in [0.29, 0.717) is 29.6 Å². The molecule has 3 aliphatic carbocycles. The Bertz CT molecular complexity index is 354. The lowest BCUT2D eigenvalue weighted by atomic mass is 9.88. The molecule has 0 aromatic carbocycles. The summed E-state index contributed by atoms with van der Waals surface area (Å²) in [4.78, 5) is 14.3. The number of hydrogen-bond acceptors (Lipinski definition) is 2. The van der Waals surface area contributed by atoms with E-state index >= 15 is 0 Å². The molecule has 7 atom stereocenters. The minimum absolute atomic E-state index is 0.184. The molecule has 0 unspecified atom stereocenters. The summed E-state index contributed by atoms with van der Waals surface area (Å²) in [6.07, 6.45) is 3.17. The summed E-state index contributed by atoms with van der Waals surface area (Å²) in [6, 6.07) is 0.184. The topological polar surface area (TPSA) is 40.5 Å². The maximum atomic E-state index is 12.3. The monoisotopic (exact) mass is 221 g/mol. The van der Waals surface area contributed by atoms with Crippen LogP contribution in [-0.4, -0.2) is 34.6 Å². The second kappa shape index (κ2) is 2.81. The van der Waals surface area contributed by atoms with Crippen molar-refractivity contribution in [2.45, 2.75) is 38.3 Å². The molecule has 4 rings (SSSR count). The first-order valence-electron chi connectivity index (χ1n) is 6.65. The summed E-state index contributed by atoms with van der Waals surface area (Å²) in [5.41, 5.74) is 0. The molecule has 1 amide bonds. The molecule has 2 bridgehead atoms. The molecule has 3 nitrogen and oxygen atoms in total. The van der Waals surface area contributed by atoms with Crippen LogP contribution in [0, 0.1) is 29.6 Å². The molecule has 1 heterocycles. The van der Waals surface area contributed by atoms with Crippen LogP contribution in [0.2, 0.25) is 0 Å². The largest absolute Gasteiger partial charge is 0.391 e. The minimum atomic E-state index is -0.221. The van der Waals surface area contributed by atoms with Crippen LogP contribution in [0.25, 0.3) is 0 Å². The third-order valence-electron chi connectivity index (χ3n) is 5.56.